The Kier molecular flexibility index (Phi) is 16.2. The van der Waals surface area contributed by atoms with E-state index in [2.05, 4.69) is 76.7 Å². The molecule has 4 heterocycles. The van der Waals surface area contributed by atoms with E-state index in [4.69, 9.17) is 43.5 Å². The highest BCUT2D eigenvalue weighted by atomic mass is 127. The molecule has 0 radical (unpaired) electrons. The summed E-state index contributed by atoms with van der Waals surface area (Å²) in [5.41, 5.74) is 3.20. The first-order chi connectivity index (χ1) is 26.7. The van der Waals surface area contributed by atoms with Gasteiger partial charge < -0.3 is 38.3 Å². The number of fused-ring (bicyclic) bond motifs is 1. The molecule has 0 aliphatic heterocycles. The molecule has 0 amide bonds. The van der Waals surface area contributed by atoms with Crippen molar-refractivity contribution in [2.24, 2.45) is 0 Å². The number of pyridine rings is 1. The Hall–Kier alpha value is -2.63. The zero-order valence-electron chi connectivity index (χ0n) is 34.4. The fourth-order valence-corrected chi connectivity index (χ4v) is 9.26. The number of hydrogen-bond acceptors (Lipinski definition) is 12. The Morgan fingerprint density at radius 2 is 1.62 bits per heavy atom. The minimum absolute atomic E-state index is 0.0441. The molecule has 0 atom stereocenters. The summed E-state index contributed by atoms with van der Waals surface area (Å²) in [4.78, 5) is 33.4. The second-order valence-corrected chi connectivity index (χ2v) is 29.1. The number of aromatic nitrogens is 6. The van der Waals surface area contributed by atoms with E-state index >= 15 is 0 Å². The number of rotatable bonds is 23. The average Bonchev–Trinajstić information content (AvgIpc) is 3.85. The predicted octanol–water partition coefficient (Wildman–Crippen LogP) is 7.47. The van der Waals surface area contributed by atoms with E-state index in [1.807, 2.05) is 29.0 Å². The van der Waals surface area contributed by atoms with Crippen molar-refractivity contribution in [3.05, 3.63) is 46.2 Å². The van der Waals surface area contributed by atoms with Crippen LogP contribution in [-0.2, 0) is 33.2 Å². The van der Waals surface area contributed by atoms with Crippen LogP contribution >= 0.6 is 22.6 Å². The van der Waals surface area contributed by atoms with Crippen molar-refractivity contribution in [1.29, 1.82) is 0 Å². The summed E-state index contributed by atoms with van der Waals surface area (Å²) in [7, 11) is 0.550. The van der Waals surface area contributed by atoms with Crippen LogP contribution in [0, 0.1) is 3.57 Å². The second-order valence-electron chi connectivity index (χ2n) is 16.8. The summed E-state index contributed by atoms with van der Waals surface area (Å²) in [6.45, 7) is 16.9. The van der Waals surface area contributed by atoms with Crippen LogP contribution in [0.25, 0.3) is 28.3 Å². The van der Waals surface area contributed by atoms with Gasteiger partial charge in [-0.05, 0) is 66.4 Å². The third-order valence-corrected chi connectivity index (χ3v) is 14.4. The van der Waals surface area contributed by atoms with Crippen molar-refractivity contribution in [3.63, 3.8) is 0 Å². The lowest BCUT2D eigenvalue weighted by Gasteiger charge is -2.39. The lowest BCUT2D eigenvalue weighted by Crippen LogP contribution is -2.47. The molecule has 56 heavy (non-hydrogen) atoms. The van der Waals surface area contributed by atoms with Gasteiger partial charge in [0.1, 0.15) is 38.2 Å². The van der Waals surface area contributed by atoms with Crippen LogP contribution in [0.5, 0.6) is 0 Å². The minimum atomic E-state index is -1.31. The van der Waals surface area contributed by atoms with Crippen LogP contribution in [0.3, 0.4) is 0 Å². The molecule has 1 saturated carbocycles. The van der Waals surface area contributed by atoms with E-state index in [-0.39, 0.29) is 25.1 Å². The molecule has 17 heteroatoms. The number of methoxy groups -OCH3 is 2. The Morgan fingerprint density at radius 3 is 2.20 bits per heavy atom. The van der Waals surface area contributed by atoms with E-state index in [9.17, 15) is 4.79 Å². The third-order valence-electron chi connectivity index (χ3n) is 9.98. The number of anilines is 1. The smallest absolute Gasteiger partial charge is 0.190 e. The van der Waals surface area contributed by atoms with Gasteiger partial charge in [0.25, 0.3) is 0 Å². The number of ketones is 1. The second kappa shape index (κ2) is 20.4. The molecule has 1 N–H and O–H groups in total. The van der Waals surface area contributed by atoms with Gasteiger partial charge >= 0.3 is 0 Å². The number of aromatic amines is 1. The largest absolute Gasteiger partial charge is 0.382 e. The number of carbonyl (C=O) groups excluding carboxylic acids is 1. The molecule has 0 aromatic carbocycles. The van der Waals surface area contributed by atoms with Gasteiger partial charge in [-0.1, -0.05) is 45.3 Å². The molecule has 4 aromatic rings. The van der Waals surface area contributed by atoms with Gasteiger partial charge in [-0.2, -0.15) is 9.61 Å². The Labute approximate surface area is 346 Å². The number of imidazole rings is 1. The summed E-state index contributed by atoms with van der Waals surface area (Å²) in [5, 5.41) is 4.96. The maximum atomic E-state index is 13.6. The quantitative estimate of drug-likeness (QED) is 0.0341. The van der Waals surface area contributed by atoms with Crippen LogP contribution in [-0.4, -0.2) is 125 Å². The van der Waals surface area contributed by atoms with Gasteiger partial charge in [0.15, 0.2) is 23.1 Å². The van der Waals surface area contributed by atoms with Crippen LogP contribution < -0.4 is 4.90 Å². The first-order valence-corrected chi connectivity index (χ1v) is 27.9. The van der Waals surface area contributed by atoms with E-state index in [0.717, 1.165) is 49.6 Å². The van der Waals surface area contributed by atoms with Gasteiger partial charge in [0, 0.05) is 79.2 Å². The van der Waals surface area contributed by atoms with E-state index < -0.39 is 21.7 Å². The van der Waals surface area contributed by atoms with Crippen molar-refractivity contribution in [3.8, 4) is 22.6 Å². The highest BCUT2D eigenvalue weighted by Crippen LogP contribution is 2.44. The molecule has 1 fully saturated rings. The van der Waals surface area contributed by atoms with Gasteiger partial charge in [0.2, 0.25) is 0 Å². The maximum Gasteiger partial charge on any atom is 0.190 e. The Bertz CT molecular complexity index is 1800. The highest BCUT2D eigenvalue weighted by Gasteiger charge is 2.44. The molecule has 4 aromatic heterocycles. The Morgan fingerprint density at radius 1 is 0.929 bits per heavy atom. The first-order valence-electron chi connectivity index (χ1n) is 19.4. The first kappa shape index (κ1) is 44.5. The average molecular weight is 922 g/mol. The van der Waals surface area contributed by atoms with Gasteiger partial charge in [-0.3, -0.25) is 9.78 Å². The molecule has 1 aliphatic carbocycles. The van der Waals surface area contributed by atoms with Crippen molar-refractivity contribution in [1.82, 2.24) is 29.5 Å². The third kappa shape index (κ3) is 12.0. The van der Waals surface area contributed by atoms with E-state index in [1.54, 1.807) is 26.6 Å². The van der Waals surface area contributed by atoms with E-state index in [0.29, 0.717) is 71.4 Å². The van der Waals surface area contributed by atoms with Crippen LogP contribution in [0.4, 0.5) is 5.82 Å². The zero-order valence-corrected chi connectivity index (χ0v) is 38.5. The Balaban J connectivity index is 1.54. The highest BCUT2D eigenvalue weighted by molar-refractivity contribution is 14.1. The summed E-state index contributed by atoms with van der Waals surface area (Å²) in [6.07, 6.45) is 9.66. The van der Waals surface area contributed by atoms with Crippen molar-refractivity contribution < 1.29 is 33.2 Å². The van der Waals surface area contributed by atoms with Gasteiger partial charge in [-0.25, -0.2) is 9.97 Å². The number of H-pyrrole nitrogens is 1. The predicted molar refractivity (Wildman–Crippen MR) is 232 cm³/mol. The number of hydrogen-bond donors (Lipinski definition) is 1. The van der Waals surface area contributed by atoms with Crippen molar-refractivity contribution >= 4 is 56.0 Å². The van der Waals surface area contributed by atoms with Crippen LogP contribution in [0.15, 0.2) is 36.9 Å². The summed E-state index contributed by atoms with van der Waals surface area (Å²) < 4.78 is 37.9. The van der Waals surface area contributed by atoms with Crippen molar-refractivity contribution in [2.75, 3.05) is 72.4 Å². The van der Waals surface area contributed by atoms with Crippen molar-refractivity contribution in [2.45, 2.75) is 88.6 Å². The maximum absolute atomic E-state index is 13.6. The molecule has 0 saturated heterocycles. The minimum Gasteiger partial charge on any atom is -0.382 e. The fraction of sp³-hybridized carbons (Fsp3) is 0.615. The molecule has 1 aliphatic rings. The van der Waals surface area contributed by atoms with Crippen LogP contribution in [0.1, 0.15) is 37.3 Å². The lowest BCUT2D eigenvalue weighted by molar-refractivity contribution is -0.160. The zero-order chi connectivity index (χ0) is 40.3. The number of carbonyl (C=O) groups is 1. The van der Waals surface area contributed by atoms with Crippen LogP contribution in [0.2, 0.25) is 51.4 Å². The number of nitrogens with one attached hydrogen (secondary N) is 1. The monoisotopic (exact) mass is 921 g/mol. The molecule has 0 unspecified atom stereocenters. The molecular weight excluding hydrogens is 862 g/mol. The van der Waals surface area contributed by atoms with Gasteiger partial charge in [0.05, 0.1) is 28.7 Å². The van der Waals surface area contributed by atoms with E-state index in [1.165, 1.54) is 0 Å². The summed E-state index contributed by atoms with van der Waals surface area (Å²) in [5.74, 6) is 1.55. The molecular formula is C39H60IN7O7Si2. The molecule has 308 valence electrons. The number of Topliss-reactive ketones (excluding diaryl/α,β-unsaturated/α-hetero) is 1. The lowest BCUT2D eigenvalue weighted by atomic mass is 9.75. The molecule has 5 rings (SSSR count). The summed E-state index contributed by atoms with van der Waals surface area (Å²) >= 11 is 2.43. The molecule has 0 bridgehead atoms. The van der Waals surface area contributed by atoms with Gasteiger partial charge in [-0.15, -0.1) is 0 Å². The normalized spacial score (nSPS) is 17.8. The molecule has 0 spiro atoms. The molecule has 14 nitrogen and oxygen atoms in total. The standard InChI is InChI=1S/C39H60IN7O7Si2/c1-49-17-18-54-39(33(48)25-53-28-50-2)13-11-29(12-14-39)35-34(40)38(46(26-51-19-21-55(3,4)5)27-52-20-22-56(6,7)8)47-37(45-35)31(24-44-47)30-9-10-32(43-23-30)36-41-15-16-42-36/h9-10,15-16,23-24,29H,11-14,17-22,25-28H2,1-8H3,(H,41,42). The topological polar surface area (TPSA) is 147 Å². The fourth-order valence-electron chi connectivity index (χ4n) is 6.62. The SMILES string of the molecule is COCCOC1(C(=O)COCOC)CCC(c2nc3c(-c4ccc(-c5ncc[nH]5)nc4)cnn3c(N(COCC[Si](C)(C)C)COCC[Si](C)(C)C)c2I)CC1. The number of nitrogens with zero attached hydrogens (tertiary/aromatic N) is 6. The summed E-state index contributed by atoms with van der Waals surface area (Å²) in [6, 6.07) is 6.10. The number of halogens is 1. The number of ether oxygens (including phenoxy) is 6.